The monoisotopic (exact) mass is 443 g/mol. The van der Waals surface area contributed by atoms with E-state index in [1.165, 1.54) is 24.3 Å². The zero-order valence-corrected chi connectivity index (χ0v) is 17.8. The molecule has 1 saturated carbocycles. The van der Waals surface area contributed by atoms with Crippen molar-refractivity contribution >= 4 is 27.5 Å². The Morgan fingerprint density at radius 2 is 1.71 bits per heavy atom. The predicted octanol–water partition coefficient (Wildman–Crippen LogP) is 2.29. The molecule has 164 valence electrons. The van der Waals surface area contributed by atoms with E-state index in [-0.39, 0.29) is 35.1 Å². The highest BCUT2D eigenvalue weighted by molar-refractivity contribution is 7.89. The van der Waals surface area contributed by atoms with Crippen molar-refractivity contribution in [2.45, 2.75) is 42.7 Å². The van der Waals surface area contributed by atoms with Gasteiger partial charge in [-0.2, -0.15) is 0 Å². The van der Waals surface area contributed by atoms with E-state index in [0.29, 0.717) is 17.9 Å². The van der Waals surface area contributed by atoms with E-state index in [1.807, 2.05) is 0 Å². The third-order valence-electron chi connectivity index (χ3n) is 5.23. The molecule has 0 aromatic heterocycles. The van der Waals surface area contributed by atoms with Crippen molar-refractivity contribution in [2.24, 2.45) is 0 Å². The molecule has 2 amide bonds. The number of hydrogen-bond donors (Lipinski definition) is 3. The molecule has 2 aromatic rings. The number of carbonyl (C=O) groups excluding carboxylic acids is 2. The first kappa shape index (κ1) is 21.5. The van der Waals surface area contributed by atoms with E-state index in [4.69, 9.17) is 4.74 Å². The van der Waals surface area contributed by atoms with E-state index in [1.54, 1.807) is 24.3 Å². The van der Waals surface area contributed by atoms with Crippen LogP contribution in [0.25, 0.3) is 0 Å². The number of carbonyl (C=O) groups is 2. The highest BCUT2D eigenvalue weighted by Gasteiger charge is 2.24. The molecule has 0 radical (unpaired) electrons. The maximum absolute atomic E-state index is 12.7. The van der Waals surface area contributed by atoms with E-state index in [0.717, 1.165) is 25.7 Å². The molecule has 9 heteroatoms. The van der Waals surface area contributed by atoms with E-state index < -0.39 is 15.9 Å². The largest absolute Gasteiger partial charge is 0.377 e. The van der Waals surface area contributed by atoms with Crippen molar-refractivity contribution in [3.05, 3.63) is 59.7 Å². The van der Waals surface area contributed by atoms with E-state index in [2.05, 4.69) is 15.4 Å². The predicted molar refractivity (Wildman–Crippen MR) is 115 cm³/mol. The van der Waals surface area contributed by atoms with Crippen LogP contribution in [0.1, 0.15) is 46.4 Å². The van der Waals surface area contributed by atoms with Crippen LogP contribution in [-0.2, 0) is 14.8 Å². The highest BCUT2D eigenvalue weighted by atomic mass is 32.2. The Balaban J connectivity index is 1.42. The summed E-state index contributed by atoms with van der Waals surface area (Å²) in [5.41, 5.74) is 1.12. The first-order valence-corrected chi connectivity index (χ1v) is 11.8. The average molecular weight is 444 g/mol. The topological polar surface area (TPSA) is 114 Å². The van der Waals surface area contributed by atoms with Gasteiger partial charge in [-0.25, -0.2) is 13.1 Å². The summed E-state index contributed by atoms with van der Waals surface area (Å²) >= 11 is 0. The van der Waals surface area contributed by atoms with Crippen LogP contribution in [0.3, 0.4) is 0 Å². The van der Waals surface area contributed by atoms with Gasteiger partial charge in [-0.3, -0.25) is 9.59 Å². The zero-order valence-electron chi connectivity index (χ0n) is 17.0. The lowest BCUT2D eigenvalue weighted by Crippen LogP contribution is -2.32. The molecule has 1 saturated heterocycles. The van der Waals surface area contributed by atoms with Crippen molar-refractivity contribution in [2.75, 3.05) is 18.5 Å². The van der Waals surface area contributed by atoms with Gasteiger partial charge in [-0.05, 0) is 62.1 Å². The number of nitrogens with one attached hydrogen (secondary N) is 3. The Labute approximate surface area is 181 Å². The number of amides is 2. The number of rotatable bonds is 8. The van der Waals surface area contributed by atoms with Crippen LogP contribution in [0.2, 0.25) is 0 Å². The lowest BCUT2D eigenvalue weighted by Gasteiger charge is -2.12. The van der Waals surface area contributed by atoms with E-state index in [9.17, 15) is 18.0 Å². The van der Waals surface area contributed by atoms with Gasteiger partial charge < -0.3 is 15.4 Å². The summed E-state index contributed by atoms with van der Waals surface area (Å²) in [7, 11) is -3.76. The average Bonchev–Trinajstić information content (AvgIpc) is 3.42. The molecule has 8 nitrogen and oxygen atoms in total. The summed E-state index contributed by atoms with van der Waals surface area (Å²) in [6, 6.07) is 12.7. The Bertz CT molecular complexity index is 1080. The third kappa shape index (κ3) is 5.69. The molecule has 0 spiro atoms. The minimum Gasteiger partial charge on any atom is -0.377 e. The van der Waals surface area contributed by atoms with Crippen molar-refractivity contribution in [3.8, 4) is 0 Å². The fourth-order valence-electron chi connectivity index (χ4n) is 3.33. The summed E-state index contributed by atoms with van der Waals surface area (Å²) in [6.07, 6.45) is 3.60. The molecule has 0 bridgehead atoms. The molecule has 2 fully saturated rings. The second-order valence-corrected chi connectivity index (χ2v) is 9.56. The molecule has 0 unspecified atom stereocenters. The lowest BCUT2D eigenvalue weighted by molar-refractivity contribution is 0.0949. The minimum absolute atomic E-state index is 0.00992. The van der Waals surface area contributed by atoms with Gasteiger partial charge in [0.2, 0.25) is 10.0 Å². The Morgan fingerprint density at radius 3 is 2.42 bits per heavy atom. The van der Waals surface area contributed by atoms with Crippen LogP contribution in [0.15, 0.2) is 53.4 Å². The fourth-order valence-corrected chi connectivity index (χ4v) is 4.45. The van der Waals surface area contributed by atoms with Crippen LogP contribution in [-0.4, -0.2) is 45.5 Å². The maximum Gasteiger partial charge on any atom is 0.255 e. The molecule has 1 heterocycles. The summed E-state index contributed by atoms with van der Waals surface area (Å²) in [6.45, 7) is 0.847. The summed E-state index contributed by atoms with van der Waals surface area (Å²) in [5.74, 6) is -0.639. The molecule has 4 rings (SSSR count). The molecule has 3 N–H and O–H groups in total. The second-order valence-electron chi connectivity index (χ2n) is 7.80. The Kier molecular flexibility index (Phi) is 6.35. The highest BCUT2D eigenvalue weighted by Crippen LogP contribution is 2.20. The van der Waals surface area contributed by atoms with Gasteiger partial charge >= 0.3 is 0 Å². The van der Waals surface area contributed by atoms with Crippen molar-refractivity contribution < 1.29 is 22.7 Å². The number of benzene rings is 2. The minimum atomic E-state index is -3.76. The zero-order chi connectivity index (χ0) is 21.8. The number of anilines is 1. The first-order chi connectivity index (χ1) is 14.9. The lowest BCUT2D eigenvalue weighted by atomic mass is 10.1. The van der Waals surface area contributed by atoms with Gasteiger partial charge in [0.1, 0.15) is 0 Å². The van der Waals surface area contributed by atoms with Crippen LogP contribution in [0.5, 0.6) is 0 Å². The Hall–Kier alpha value is -2.75. The van der Waals surface area contributed by atoms with Crippen LogP contribution in [0.4, 0.5) is 5.69 Å². The van der Waals surface area contributed by atoms with Gasteiger partial charge in [0.05, 0.1) is 11.0 Å². The smallest absolute Gasteiger partial charge is 0.255 e. The quantitative estimate of drug-likeness (QED) is 0.579. The third-order valence-corrected chi connectivity index (χ3v) is 6.65. The van der Waals surface area contributed by atoms with Crippen LogP contribution in [0, 0.1) is 0 Å². The molecule has 1 aliphatic heterocycles. The van der Waals surface area contributed by atoms with Gasteiger partial charge in [0.15, 0.2) is 0 Å². The fraction of sp³-hybridized carbons (Fsp3) is 0.364. The summed E-state index contributed by atoms with van der Waals surface area (Å²) in [4.78, 5) is 24.9. The van der Waals surface area contributed by atoms with Gasteiger partial charge in [0.25, 0.3) is 11.8 Å². The molecule has 1 aliphatic carbocycles. The summed E-state index contributed by atoms with van der Waals surface area (Å²) < 4.78 is 33.2. The first-order valence-electron chi connectivity index (χ1n) is 10.3. The van der Waals surface area contributed by atoms with Gasteiger partial charge in [-0.15, -0.1) is 0 Å². The molecule has 2 aliphatic rings. The second kappa shape index (κ2) is 9.17. The molecule has 31 heavy (non-hydrogen) atoms. The molecular weight excluding hydrogens is 418 g/mol. The SMILES string of the molecule is O=C(Nc1cccc(C(=O)NC2CC2)c1)c1cccc(S(=O)(=O)NC[C@@H]2CCCO2)c1. The van der Waals surface area contributed by atoms with Gasteiger partial charge in [-0.1, -0.05) is 12.1 Å². The van der Waals surface area contributed by atoms with Crippen molar-refractivity contribution in [1.82, 2.24) is 10.0 Å². The van der Waals surface area contributed by atoms with Crippen molar-refractivity contribution in [1.29, 1.82) is 0 Å². The van der Waals surface area contributed by atoms with Crippen LogP contribution >= 0.6 is 0 Å². The Morgan fingerprint density at radius 1 is 0.968 bits per heavy atom. The molecule has 1 atom stereocenters. The summed E-state index contributed by atoms with van der Waals surface area (Å²) in [5, 5.41) is 5.63. The van der Waals surface area contributed by atoms with Crippen LogP contribution < -0.4 is 15.4 Å². The normalized spacial score (nSPS) is 18.5. The van der Waals surface area contributed by atoms with Crippen molar-refractivity contribution in [3.63, 3.8) is 0 Å². The molecular formula is C22H25N3O5S. The standard InChI is InChI=1S/C22H25N3O5S/c26-21(24-17-9-10-17)15-4-1-6-18(12-15)25-22(27)16-5-2-8-20(13-16)31(28,29)23-14-19-7-3-11-30-19/h1-2,4-6,8,12-13,17,19,23H,3,7,9-11,14H2,(H,24,26)(H,25,27)/t19-/m0/s1. The van der Waals surface area contributed by atoms with Gasteiger partial charge in [0, 0.05) is 36.0 Å². The van der Waals surface area contributed by atoms with E-state index >= 15 is 0 Å². The number of ether oxygens (including phenoxy) is 1. The maximum atomic E-state index is 12.7. The number of sulfonamides is 1. The molecule has 2 aromatic carbocycles. The number of hydrogen-bond acceptors (Lipinski definition) is 5.